The van der Waals surface area contributed by atoms with E-state index >= 15 is 0 Å². The zero-order chi connectivity index (χ0) is 22.2. The van der Waals surface area contributed by atoms with Gasteiger partial charge in [-0.25, -0.2) is 19.6 Å². The fourth-order valence-corrected chi connectivity index (χ4v) is 4.72. The van der Waals surface area contributed by atoms with Gasteiger partial charge in [0.15, 0.2) is 0 Å². The van der Waals surface area contributed by atoms with Crippen LogP contribution in [-0.2, 0) is 29.1 Å². The monoisotopic (exact) mass is 436 g/mol. The lowest BCUT2D eigenvalue weighted by Gasteiger charge is -2.43. The number of esters is 1. The molecule has 176 valence electrons. The smallest absolute Gasteiger partial charge is 0.309 e. The van der Waals surface area contributed by atoms with Gasteiger partial charge in [-0.05, 0) is 33.1 Å². The maximum Gasteiger partial charge on any atom is 0.309 e. The van der Waals surface area contributed by atoms with Crippen molar-refractivity contribution in [1.29, 1.82) is 0 Å². The van der Waals surface area contributed by atoms with Crippen LogP contribution in [0.1, 0.15) is 97.8 Å². The molecule has 31 heavy (non-hydrogen) atoms. The number of unbranched alkanes of at least 4 members (excludes halogenated alkanes) is 6. The Morgan fingerprint density at radius 1 is 1.03 bits per heavy atom. The van der Waals surface area contributed by atoms with E-state index in [0.717, 1.165) is 38.5 Å². The molecule has 2 fully saturated rings. The van der Waals surface area contributed by atoms with E-state index in [0.29, 0.717) is 6.42 Å². The van der Waals surface area contributed by atoms with Crippen molar-refractivity contribution in [2.75, 3.05) is 0 Å². The van der Waals surface area contributed by atoms with Crippen LogP contribution in [-0.4, -0.2) is 35.5 Å². The summed E-state index contributed by atoms with van der Waals surface area (Å²) in [6, 6.07) is 0. The molecule has 0 saturated carbocycles. The number of allylic oxidation sites excluding steroid dienone is 1. The molecule has 0 spiro atoms. The van der Waals surface area contributed by atoms with Gasteiger partial charge in [-0.2, -0.15) is 0 Å². The highest BCUT2D eigenvalue weighted by atomic mass is 17.2. The zero-order valence-corrected chi connectivity index (χ0v) is 19.5. The molecule has 6 nitrogen and oxygen atoms in total. The number of rotatable bonds is 12. The van der Waals surface area contributed by atoms with Crippen molar-refractivity contribution in [2.24, 2.45) is 0 Å². The van der Waals surface area contributed by atoms with E-state index in [1.54, 1.807) is 0 Å². The first-order chi connectivity index (χ1) is 14.9. The Labute approximate surface area is 187 Å². The third-order valence-electron chi connectivity index (χ3n) is 6.50. The summed E-state index contributed by atoms with van der Waals surface area (Å²) >= 11 is 0. The summed E-state index contributed by atoms with van der Waals surface area (Å²) in [5.74, 6) is -0.190. The Morgan fingerprint density at radius 3 is 2.55 bits per heavy atom. The maximum atomic E-state index is 11.6. The average Bonchev–Trinajstić information content (AvgIpc) is 3.03. The first-order valence-electron chi connectivity index (χ1n) is 12.2. The quantitative estimate of drug-likeness (QED) is 0.164. The van der Waals surface area contributed by atoms with Crippen molar-refractivity contribution in [1.82, 2.24) is 0 Å². The van der Waals surface area contributed by atoms with Crippen molar-refractivity contribution in [2.45, 2.75) is 127 Å². The molecule has 3 rings (SSSR count). The second-order valence-corrected chi connectivity index (χ2v) is 9.74. The minimum absolute atomic E-state index is 0.0441. The number of hydrogen-bond acceptors (Lipinski definition) is 6. The Morgan fingerprint density at radius 2 is 1.81 bits per heavy atom. The van der Waals surface area contributed by atoms with Gasteiger partial charge in [0, 0.05) is 6.42 Å². The molecular weight excluding hydrogens is 396 g/mol. The van der Waals surface area contributed by atoms with Crippen molar-refractivity contribution < 1.29 is 29.1 Å². The SMILES string of the molecule is CCCC=CC1C=CC(CCCCCCCCC2(C)CC3(C)OC(=O)CC3OO2)OO1. The molecule has 0 aliphatic carbocycles. The maximum absolute atomic E-state index is 11.6. The zero-order valence-electron chi connectivity index (χ0n) is 19.5. The largest absolute Gasteiger partial charge is 0.456 e. The molecular formula is C25H40O6. The van der Waals surface area contributed by atoms with Crippen LogP contribution in [0, 0.1) is 0 Å². The third kappa shape index (κ3) is 7.41. The Bertz CT molecular complexity index is 632. The molecule has 3 heterocycles. The molecule has 0 bridgehead atoms. The minimum atomic E-state index is -0.546. The Balaban J connectivity index is 1.21. The van der Waals surface area contributed by atoms with E-state index in [1.807, 2.05) is 6.92 Å². The van der Waals surface area contributed by atoms with Crippen LogP contribution in [0.2, 0.25) is 0 Å². The molecule has 0 aromatic carbocycles. The predicted molar refractivity (Wildman–Crippen MR) is 118 cm³/mol. The van der Waals surface area contributed by atoms with Crippen LogP contribution in [0.3, 0.4) is 0 Å². The summed E-state index contributed by atoms with van der Waals surface area (Å²) in [6.07, 6.45) is 20.4. The summed E-state index contributed by atoms with van der Waals surface area (Å²) < 4.78 is 5.53. The van der Waals surface area contributed by atoms with Crippen LogP contribution in [0.4, 0.5) is 0 Å². The van der Waals surface area contributed by atoms with E-state index in [2.05, 4.69) is 38.2 Å². The standard InChI is InChI=1S/C25H40O6/c1-4-5-10-13-20-15-16-21(29-28-20)14-11-8-6-7-9-12-17-24(2)19-25(3)22(30-31-24)18-23(26)27-25/h10,13,15-16,20-22H,4-9,11-12,14,17-19H2,1-3H3. The summed E-state index contributed by atoms with van der Waals surface area (Å²) in [5.41, 5.74) is -0.931. The Kier molecular flexibility index (Phi) is 9.14. The molecule has 0 amide bonds. The van der Waals surface area contributed by atoms with Crippen LogP contribution in [0.15, 0.2) is 24.3 Å². The van der Waals surface area contributed by atoms with E-state index in [9.17, 15) is 4.79 Å². The van der Waals surface area contributed by atoms with Crippen molar-refractivity contribution in [3.05, 3.63) is 24.3 Å². The van der Waals surface area contributed by atoms with Crippen molar-refractivity contribution >= 4 is 5.97 Å². The molecule has 0 aromatic heterocycles. The van der Waals surface area contributed by atoms with Crippen LogP contribution < -0.4 is 0 Å². The molecule has 5 unspecified atom stereocenters. The fourth-order valence-electron chi connectivity index (χ4n) is 4.72. The van der Waals surface area contributed by atoms with Crippen LogP contribution >= 0.6 is 0 Å². The van der Waals surface area contributed by atoms with Crippen molar-refractivity contribution in [3.8, 4) is 0 Å². The van der Waals surface area contributed by atoms with Gasteiger partial charge in [0.05, 0.1) is 6.42 Å². The van der Waals surface area contributed by atoms with Gasteiger partial charge in [-0.1, -0.05) is 76.2 Å². The van der Waals surface area contributed by atoms with Gasteiger partial charge < -0.3 is 4.74 Å². The number of carbonyl (C=O) groups excluding carboxylic acids is 1. The number of hydrogen-bond donors (Lipinski definition) is 0. The van der Waals surface area contributed by atoms with E-state index in [1.165, 1.54) is 25.7 Å². The molecule has 5 atom stereocenters. The normalized spacial score (nSPS) is 35.5. The van der Waals surface area contributed by atoms with E-state index in [4.69, 9.17) is 24.3 Å². The van der Waals surface area contributed by atoms with Crippen LogP contribution in [0.5, 0.6) is 0 Å². The average molecular weight is 437 g/mol. The summed E-state index contributed by atoms with van der Waals surface area (Å²) in [6.45, 7) is 6.19. The van der Waals surface area contributed by atoms with Gasteiger partial charge in [-0.15, -0.1) is 0 Å². The number of ether oxygens (including phenoxy) is 1. The van der Waals surface area contributed by atoms with Gasteiger partial charge in [0.2, 0.25) is 0 Å². The second-order valence-electron chi connectivity index (χ2n) is 9.74. The van der Waals surface area contributed by atoms with Gasteiger partial charge in [-0.3, -0.25) is 4.79 Å². The summed E-state index contributed by atoms with van der Waals surface area (Å²) in [7, 11) is 0. The molecule has 3 aliphatic rings. The first-order valence-corrected chi connectivity index (χ1v) is 12.2. The van der Waals surface area contributed by atoms with Gasteiger partial charge in [0.25, 0.3) is 0 Å². The van der Waals surface area contributed by atoms with E-state index in [-0.39, 0.29) is 36.3 Å². The highest BCUT2D eigenvalue weighted by Crippen LogP contribution is 2.44. The van der Waals surface area contributed by atoms with Crippen molar-refractivity contribution in [3.63, 3.8) is 0 Å². The molecule has 0 aromatic rings. The first kappa shape index (κ1) is 24.4. The molecule has 0 radical (unpaired) electrons. The van der Waals surface area contributed by atoms with Crippen LogP contribution in [0.25, 0.3) is 0 Å². The highest BCUT2D eigenvalue weighted by Gasteiger charge is 2.55. The topological polar surface area (TPSA) is 63.2 Å². The lowest BCUT2D eigenvalue weighted by Crippen LogP contribution is -2.51. The Hall–Kier alpha value is -1.21. The predicted octanol–water partition coefficient (Wildman–Crippen LogP) is 5.90. The van der Waals surface area contributed by atoms with E-state index < -0.39 is 5.60 Å². The molecule has 2 saturated heterocycles. The lowest BCUT2D eigenvalue weighted by atomic mass is 9.82. The minimum Gasteiger partial charge on any atom is -0.456 e. The second kappa shape index (κ2) is 11.6. The number of carbonyl (C=O) groups is 1. The highest BCUT2D eigenvalue weighted by molar-refractivity contribution is 5.73. The molecule has 6 heteroatoms. The van der Waals surface area contributed by atoms with Gasteiger partial charge >= 0.3 is 5.97 Å². The van der Waals surface area contributed by atoms with Gasteiger partial charge in [0.1, 0.15) is 29.5 Å². The molecule has 0 N–H and O–H groups in total. The summed E-state index contributed by atoms with van der Waals surface area (Å²) in [4.78, 5) is 33.7. The number of fused-ring (bicyclic) bond motifs is 1. The summed E-state index contributed by atoms with van der Waals surface area (Å²) in [5, 5.41) is 0. The lowest BCUT2D eigenvalue weighted by molar-refractivity contribution is -0.428. The fraction of sp³-hybridized carbons (Fsp3) is 0.800. The third-order valence-corrected chi connectivity index (χ3v) is 6.50. The molecule has 3 aliphatic heterocycles.